The highest BCUT2D eigenvalue weighted by molar-refractivity contribution is 5.96. The normalized spacial score (nSPS) is 15.3. The molecule has 2 aromatic carbocycles. The Hall–Kier alpha value is -2.82. The van der Waals surface area contributed by atoms with Crippen LogP contribution >= 0.6 is 0 Å². The van der Waals surface area contributed by atoms with Crippen molar-refractivity contribution in [1.29, 1.82) is 0 Å². The van der Waals surface area contributed by atoms with E-state index in [2.05, 4.69) is 43.1 Å². The summed E-state index contributed by atoms with van der Waals surface area (Å²) in [6.07, 6.45) is 0. The van der Waals surface area contributed by atoms with E-state index < -0.39 is 0 Å². The van der Waals surface area contributed by atoms with Gasteiger partial charge in [-0.3, -0.25) is 9.59 Å². The molecule has 1 unspecified atom stereocenters. The van der Waals surface area contributed by atoms with E-state index in [1.165, 1.54) is 5.56 Å². The summed E-state index contributed by atoms with van der Waals surface area (Å²) in [7, 11) is 0. The number of amides is 2. The van der Waals surface area contributed by atoms with Gasteiger partial charge in [-0.1, -0.05) is 43.7 Å². The van der Waals surface area contributed by atoms with Crippen molar-refractivity contribution in [2.75, 3.05) is 36.4 Å². The Balaban J connectivity index is 1.64. The SMILES string of the molecule is CC(=O)N1CCN(c2ccc(NC(=O)C(c3ccc(C)cc3)C(C)C)cc2)CC1. The Morgan fingerprint density at radius 3 is 2.00 bits per heavy atom. The maximum atomic E-state index is 13.0. The van der Waals surface area contributed by atoms with Crippen molar-refractivity contribution in [3.05, 3.63) is 59.7 Å². The molecular formula is C24H31N3O2. The molecule has 1 atom stereocenters. The van der Waals surface area contributed by atoms with Crippen molar-refractivity contribution >= 4 is 23.2 Å². The van der Waals surface area contributed by atoms with Crippen molar-refractivity contribution in [3.8, 4) is 0 Å². The Kier molecular flexibility index (Phi) is 6.57. The van der Waals surface area contributed by atoms with E-state index in [-0.39, 0.29) is 23.7 Å². The molecule has 0 bridgehead atoms. The maximum absolute atomic E-state index is 13.0. The third-order valence-corrected chi connectivity index (χ3v) is 5.61. The summed E-state index contributed by atoms with van der Waals surface area (Å²) in [4.78, 5) is 28.6. The zero-order valence-corrected chi connectivity index (χ0v) is 17.8. The second kappa shape index (κ2) is 9.12. The molecule has 1 aliphatic heterocycles. The van der Waals surface area contributed by atoms with Crippen LogP contribution in [0, 0.1) is 12.8 Å². The highest BCUT2D eigenvalue weighted by Gasteiger charge is 2.24. The lowest BCUT2D eigenvalue weighted by molar-refractivity contribution is -0.129. The molecule has 2 amide bonds. The van der Waals surface area contributed by atoms with E-state index in [4.69, 9.17) is 0 Å². The lowest BCUT2D eigenvalue weighted by Gasteiger charge is -2.35. The minimum Gasteiger partial charge on any atom is -0.368 e. The molecule has 3 rings (SSSR count). The quantitative estimate of drug-likeness (QED) is 0.834. The molecule has 29 heavy (non-hydrogen) atoms. The van der Waals surface area contributed by atoms with Crippen LogP contribution in [0.25, 0.3) is 0 Å². The summed E-state index contributed by atoms with van der Waals surface area (Å²) in [5.41, 5.74) is 4.16. The molecule has 1 fully saturated rings. The van der Waals surface area contributed by atoms with Gasteiger partial charge >= 0.3 is 0 Å². The van der Waals surface area contributed by atoms with Crippen molar-refractivity contribution < 1.29 is 9.59 Å². The van der Waals surface area contributed by atoms with E-state index in [0.29, 0.717) is 0 Å². The predicted molar refractivity (Wildman–Crippen MR) is 118 cm³/mol. The van der Waals surface area contributed by atoms with Gasteiger partial charge < -0.3 is 15.1 Å². The fourth-order valence-electron chi connectivity index (χ4n) is 3.87. The topological polar surface area (TPSA) is 52.7 Å². The Morgan fingerprint density at radius 2 is 1.48 bits per heavy atom. The van der Waals surface area contributed by atoms with E-state index in [0.717, 1.165) is 43.1 Å². The highest BCUT2D eigenvalue weighted by atomic mass is 16.2. The number of carbonyl (C=O) groups excluding carboxylic acids is 2. The van der Waals surface area contributed by atoms with Crippen LogP contribution in [0.2, 0.25) is 0 Å². The Labute approximate surface area is 173 Å². The first-order chi connectivity index (χ1) is 13.8. The number of nitrogens with zero attached hydrogens (tertiary/aromatic N) is 2. The van der Waals surface area contributed by atoms with Crippen LogP contribution in [-0.2, 0) is 9.59 Å². The van der Waals surface area contributed by atoms with Crippen molar-refractivity contribution in [2.24, 2.45) is 5.92 Å². The highest BCUT2D eigenvalue weighted by Crippen LogP contribution is 2.27. The minimum absolute atomic E-state index is 0.0201. The first-order valence-electron chi connectivity index (χ1n) is 10.3. The van der Waals surface area contributed by atoms with Gasteiger partial charge in [-0.15, -0.1) is 0 Å². The van der Waals surface area contributed by atoms with Crippen LogP contribution in [0.5, 0.6) is 0 Å². The van der Waals surface area contributed by atoms with Crippen LogP contribution in [0.15, 0.2) is 48.5 Å². The Morgan fingerprint density at radius 1 is 0.897 bits per heavy atom. The molecule has 5 nitrogen and oxygen atoms in total. The molecule has 1 N–H and O–H groups in total. The first-order valence-corrected chi connectivity index (χ1v) is 10.3. The van der Waals surface area contributed by atoms with Gasteiger partial charge in [-0.2, -0.15) is 0 Å². The fourth-order valence-corrected chi connectivity index (χ4v) is 3.87. The van der Waals surface area contributed by atoms with Gasteiger partial charge in [0.25, 0.3) is 0 Å². The van der Waals surface area contributed by atoms with Gasteiger partial charge in [0.1, 0.15) is 0 Å². The zero-order chi connectivity index (χ0) is 21.0. The number of aryl methyl sites for hydroxylation is 1. The molecular weight excluding hydrogens is 362 g/mol. The van der Waals surface area contributed by atoms with Gasteiger partial charge in [0.2, 0.25) is 11.8 Å². The molecule has 2 aromatic rings. The molecule has 0 saturated carbocycles. The number of hydrogen-bond acceptors (Lipinski definition) is 3. The maximum Gasteiger partial charge on any atom is 0.232 e. The number of anilines is 2. The van der Waals surface area contributed by atoms with E-state index in [1.807, 2.05) is 41.3 Å². The summed E-state index contributed by atoms with van der Waals surface area (Å²) in [5, 5.41) is 3.08. The summed E-state index contributed by atoms with van der Waals surface area (Å²) in [6, 6.07) is 16.2. The molecule has 0 aromatic heterocycles. The van der Waals surface area contributed by atoms with Crippen LogP contribution in [0.3, 0.4) is 0 Å². The first kappa shape index (κ1) is 20.9. The van der Waals surface area contributed by atoms with Gasteiger partial charge in [-0.05, 0) is 42.7 Å². The molecule has 1 saturated heterocycles. The minimum atomic E-state index is -0.185. The van der Waals surface area contributed by atoms with Crippen LogP contribution in [0.1, 0.15) is 37.8 Å². The number of piperazine rings is 1. The molecule has 154 valence electrons. The van der Waals surface area contributed by atoms with E-state index in [1.54, 1.807) is 6.92 Å². The van der Waals surface area contributed by atoms with Gasteiger partial charge in [0.05, 0.1) is 5.92 Å². The predicted octanol–water partition coefficient (Wildman–Crippen LogP) is 4.04. The van der Waals surface area contributed by atoms with Gasteiger partial charge in [-0.25, -0.2) is 0 Å². The lowest BCUT2D eigenvalue weighted by atomic mass is 9.87. The largest absolute Gasteiger partial charge is 0.368 e. The third kappa shape index (κ3) is 5.17. The zero-order valence-electron chi connectivity index (χ0n) is 17.8. The fraction of sp³-hybridized carbons (Fsp3) is 0.417. The third-order valence-electron chi connectivity index (χ3n) is 5.61. The van der Waals surface area contributed by atoms with Crippen LogP contribution in [-0.4, -0.2) is 42.9 Å². The average molecular weight is 394 g/mol. The summed E-state index contributed by atoms with van der Waals surface area (Å²) < 4.78 is 0. The van der Waals surface area contributed by atoms with Crippen molar-refractivity contribution in [1.82, 2.24) is 4.90 Å². The van der Waals surface area contributed by atoms with Crippen molar-refractivity contribution in [3.63, 3.8) is 0 Å². The second-order valence-electron chi connectivity index (χ2n) is 8.16. The molecule has 0 radical (unpaired) electrons. The average Bonchev–Trinajstić information content (AvgIpc) is 2.70. The van der Waals surface area contributed by atoms with Gasteiger partial charge in [0, 0.05) is 44.5 Å². The Bertz CT molecular complexity index is 835. The molecule has 1 aliphatic rings. The number of carbonyl (C=O) groups is 2. The van der Waals surface area contributed by atoms with E-state index in [9.17, 15) is 9.59 Å². The monoisotopic (exact) mass is 393 g/mol. The smallest absolute Gasteiger partial charge is 0.232 e. The molecule has 0 aliphatic carbocycles. The standard InChI is InChI=1S/C24H31N3O2/c1-17(2)23(20-7-5-18(3)6-8-20)24(29)25-21-9-11-22(12-10-21)27-15-13-26(14-16-27)19(4)28/h5-12,17,23H,13-16H2,1-4H3,(H,25,29). The molecule has 0 spiro atoms. The second-order valence-corrected chi connectivity index (χ2v) is 8.16. The lowest BCUT2D eigenvalue weighted by Crippen LogP contribution is -2.48. The molecule has 1 heterocycles. The van der Waals surface area contributed by atoms with Crippen LogP contribution < -0.4 is 10.2 Å². The summed E-state index contributed by atoms with van der Waals surface area (Å²) >= 11 is 0. The number of hydrogen-bond donors (Lipinski definition) is 1. The van der Waals surface area contributed by atoms with Crippen LogP contribution in [0.4, 0.5) is 11.4 Å². The molecule has 5 heteroatoms. The number of rotatable bonds is 5. The summed E-state index contributed by atoms with van der Waals surface area (Å²) in [5.74, 6) is 0.173. The van der Waals surface area contributed by atoms with Crippen molar-refractivity contribution in [2.45, 2.75) is 33.6 Å². The van der Waals surface area contributed by atoms with Gasteiger partial charge in [0.15, 0.2) is 0 Å². The number of benzene rings is 2. The number of nitrogens with one attached hydrogen (secondary N) is 1. The van der Waals surface area contributed by atoms with E-state index >= 15 is 0 Å². The summed E-state index contributed by atoms with van der Waals surface area (Å²) in [6.45, 7) is 11.0.